The van der Waals surface area contributed by atoms with Crippen LogP contribution in [0.5, 0.6) is 0 Å². The highest BCUT2D eigenvalue weighted by atomic mass is 15.3. The van der Waals surface area contributed by atoms with Crippen molar-refractivity contribution < 1.29 is 0 Å². The molecular formula is C18H36N6. The first-order valence-corrected chi connectivity index (χ1v) is 9.55. The summed E-state index contributed by atoms with van der Waals surface area (Å²) in [6, 6.07) is 0. The molecule has 0 radical (unpaired) electrons. The number of hydrogen-bond acceptors (Lipinski definition) is 3. The van der Waals surface area contributed by atoms with Gasteiger partial charge in [0.15, 0.2) is 5.96 Å². The number of nitrogens with one attached hydrogen (secondary N) is 2. The predicted octanol–water partition coefficient (Wildman–Crippen LogP) is 3.40. The normalized spacial score (nSPS) is 11.7. The number of rotatable bonds is 13. The van der Waals surface area contributed by atoms with E-state index in [4.69, 9.17) is 0 Å². The van der Waals surface area contributed by atoms with E-state index in [1.165, 1.54) is 64.2 Å². The third-order valence-corrected chi connectivity index (χ3v) is 4.27. The Morgan fingerprint density at radius 1 is 1.00 bits per heavy atom. The van der Waals surface area contributed by atoms with Crippen molar-refractivity contribution in [3.05, 3.63) is 12.2 Å². The summed E-state index contributed by atoms with van der Waals surface area (Å²) in [7, 11) is 3.69. The Morgan fingerprint density at radius 3 is 2.17 bits per heavy atom. The van der Waals surface area contributed by atoms with Crippen molar-refractivity contribution in [1.29, 1.82) is 0 Å². The number of hydrogen-bond donors (Lipinski definition) is 2. The molecule has 1 rings (SSSR count). The summed E-state index contributed by atoms with van der Waals surface area (Å²) in [6.45, 7) is 3.87. The van der Waals surface area contributed by atoms with Crippen LogP contribution in [-0.2, 0) is 13.6 Å². The minimum Gasteiger partial charge on any atom is -0.356 e. The second kappa shape index (κ2) is 13.8. The lowest BCUT2D eigenvalue weighted by Gasteiger charge is -2.11. The molecule has 0 unspecified atom stereocenters. The number of aryl methyl sites for hydroxylation is 1. The molecule has 0 aromatic carbocycles. The molecule has 2 N–H and O–H groups in total. The maximum Gasteiger partial charge on any atom is 0.191 e. The minimum atomic E-state index is 0.633. The molecule has 24 heavy (non-hydrogen) atoms. The van der Waals surface area contributed by atoms with Crippen LogP contribution in [0, 0.1) is 0 Å². The van der Waals surface area contributed by atoms with E-state index in [1.54, 1.807) is 18.1 Å². The molecule has 1 heterocycles. The first-order chi connectivity index (χ1) is 11.8. The van der Waals surface area contributed by atoms with Crippen LogP contribution < -0.4 is 10.6 Å². The smallest absolute Gasteiger partial charge is 0.191 e. The van der Waals surface area contributed by atoms with E-state index >= 15 is 0 Å². The summed E-state index contributed by atoms with van der Waals surface area (Å²) < 4.78 is 1.77. The number of aliphatic imine (C=N–C) groups is 1. The predicted molar refractivity (Wildman–Crippen MR) is 101 cm³/mol. The fourth-order valence-corrected chi connectivity index (χ4v) is 2.68. The Hall–Kier alpha value is -1.59. The van der Waals surface area contributed by atoms with Gasteiger partial charge in [0, 0.05) is 20.6 Å². The number of unbranched alkanes of at least 4 members (excludes halogenated alkanes) is 9. The number of nitrogens with zero attached hydrogens (tertiary/aromatic N) is 4. The topological polar surface area (TPSA) is 67.1 Å². The highest BCUT2D eigenvalue weighted by Gasteiger charge is 2.02. The van der Waals surface area contributed by atoms with Crippen LogP contribution in [0.15, 0.2) is 11.3 Å². The van der Waals surface area contributed by atoms with E-state index in [9.17, 15) is 0 Å². The molecule has 0 saturated heterocycles. The fourth-order valence-electron chi connectivity index (χ4n) is 2.68. The maximum atomic E-state index is 4.24. The molecule has 0 fully saturated rings. The molecule has 6 heteroatoms. The molecular weight excluding hydrogens is 300 g/mol. The average Bonchev–Trinajstić information content (AvgIpc) is 3.00. The lowest BCUT2D eigenvalue weighted by molar-refractivity contribution is 0.554. The Morgan fingerprint density at radius 2 is 1.62 bits per heavy atom. The molecule has 0 aliphatic carbocycles. The molecule has 1 aromatic rings. The molecule has 0 aliphatic heterocycles. The fraction of sp³-hybridized carbons (Fsp3) is 0.833. The van der Waals surface area contributed by atoms with Crippen LogP contribution in [0.4, 0.5) is 0 Å². The summed E-state index contributed by atoms with van der Waals surface area (Å²) in [5.74, 6) is 1.73. The molecule has 0 bridgehead atoms. The van der Waals surface area contributed by atoms with E-state index in [1.807, 2.05) is 7.05 Å². The monoisotopic (exact) mass is 336 g/mol. The zero-order chi connectivity index (χ0) is 17.5. The van der Waals surface area contributed by atoms with Crippen molar-refractivity contribution in [2.75, 3.05) is 13.6 Å². The second-order valence-electron chi connectivity index (χ2n) is 6.33. The van der Waals surface area contributed by atoms with Gasteiger partial charge in [0.25, 0.3) is 0 Å². The lowest BCUT2D eigenvalue weighted by atomic mass is 10.1. The van der Waals surface area contributed by atoms with Gasteiger partial charge in [-0.3, -0.25) is 9.67 Å². The highest BCUT2D eigenvalue weighted by Crippen LogP contribution is 2.10. The summed E-state index contributed by atoms with van der Waals surface area (Å²) in [5, 5.41) is 10.7. The van der Waals surface area contributed by atoms with E-state index in [2.05, 4.69) is 32.6 Å². The molecule has 138 valence electrons. The van der Waals surface area contributed by atoms with Gasteiger partial charge in [-0.25, -0.2) is 4.98 Å². The quantitative estimate of drug-likeness (QED) is 0.329. The van der Waals surface area contributed by atoms with Gasteiger partial charge >= 0.3 is 0 Å². The summed E-state index contributed by atoms with van der Waals surface area (Å²) >= 11 is 0. The van der Waals surface area contributed by atoms with Gasteiger partial charge < -0.3 is 10.6 Å². The van der Waals surface area contributed by atoms with Crippen molar-refractivity contribution in [3.8, 4) is 0 Å². The van der Waals surface area contributed by atoms with Crippen LogP contribution >= 0.6 is 0 Å². The molecule has 0 spiro atoms. The van der Waals surface area contributed by atoms with Gasteiger partial charge in [0.2, 0.25) is 0 Å². The summed E-state index contributed by atoms with van der Waals surface area (Å²) in [4.78, 5) is 8.43. The molecule has 0 aliphatic rings. The highest BCUT2D eigenvalue weighted by molar-refractivity contribution is 5.79. The zero-order valence-electron chi connectivity index (χ0n) is 15.9. The van der Waals surface area contributed by atoms with Crippen LogP contribution in [0.2, 0.25) is 0 Å². The molecule has 0 saturated carbocycles. The van der Waals surface area contributed by atoms with E-state index in [0.29, 0.717) is 6.54 Å². The van der Waals surface area contributed by atoms with Gasteiger partial charge in [-0.05, 0) is 6.42 Å². The second-order valence-corrected chi connectivity index (χ2v) is 6.33. The first-order valence-electron chi connectivity index (χ1n) is 9.55. The molecule has 6 nitrogen and oxygen atoms in total. The Kier molecular flexibility index (Phi) is 11.8. The largest absolute Gasteiger partial charge is 0.356 e. The van der Waals surface area contributed by atoms with E-state index < -0.39 is 0 Å². The standard InChI is InChI=1S/C18H36N6/c1-4-5-6-7-8-9-10-11-12-13-14-20-18(19-2)21-15-17-22-16-23-24(17)3/h16H,4-15H2,1-3H3,(H2,19,20,21). The summed E-state index contributed by atoms with van der Waals surface area (Å²) in [5.41, 5.74) is 0. The number of guanidine groups is 1. The zero-order valence-corrected chi connectivity index (χ0v) is 15.9. The molecule has 0 amide bonds. The number of aromatic nitrogens is 3. The van der Waals surface area contributed by atoms with Gasteiger partial charge in [-0.15, -0.1) is 0 Å². The van der Waals surface area contributed by atoms with E-state index in [0.717, 1.165) is 18.3 Å². The first kappa shape index (κ1) is 20.5. The summed E-state index contributed by atoms with van der Waals surface area (Å²) in [6.07, 6.45) is 15.2. The van der Waals surface area contributed by atoms with Crippen LogP contribution in [0.25, 0.3) is 0 Å². The average molecular weight is 337 g/mol. The van der Waals surface area contributed by atoms with E-state index in [-0.39, 0.29) is 0 Å². The third-order valence-electron chi connectivity index (χ3n) is 4.27. The third kappa shape index (κ3) is 9.53. The van der Waals surface area contributed by atoms with Gasteiger partial charge in [-0.2, -0.15) is 5.10 Å². The Bertz CT molecular complexity index is 440. The van der Waals surface area contributed by atoms with Crippen LogP contribution in [0.1, 0.15) is 77.0 Å². The Labute approximate surface area is 147 Å². The van der Waals surface area contributed by atoms with Crippen molar-refractivity contribution in [2.45, 2.75) is 77.7 Å². The minimum absolute atomic E-state index is 0.633. The molecule has 1 aromatic heterocycles. The Balaban J connectivity index is 1.94. The van der Waals surface area contributed by atoms with Gasteiger partial charge in [0.1, 0.15) is 12.2 Å². The maximum absolute atomic E-state index is 4.24. The molecule has 0 atom stereocenters. The van der Waals surface area contributed by atoms with Crippen LogP contribution in [0.3, 0.4) is 0 Å². The SMILES string of the molecule is CCCCCCCCCCCCNC(=NC)NCc1ncnn1C. The van der Waals surface area contributed by atoms with Gasteiger partial charge in [-0.1, -0.05) is 64.7 Å². The van der Waals surface area contributed by atoms with Crippen LogP contribution in [-0.4, -0.2) is 34.3 Å². The van der Waals surface area contributed by atoms with Gasteiger partial charge in [0.05, 0.1) is 6.54 Å². The van der Waals surface area contributed by atoms with Crippen molar-refractivity contribution >= 4 is 5.96 Å². The van der Waals surface area contributed by atoms with Crippen molar-refractivity contribution in [1.82, 2.24) is 25.4 Å². The van der Waals surface area contributed by atoms with Crippen molar-refractivity contribution in [2.24, 2.45) is 12.0 Å². The van der Waals surface area contributed by atoms with Crippen molar-refractivity contribution in [3.63, 3.8) is 0 Å². The lowest BCUT2D eigenvalue weighted by Crippen LogP contribution is -2.37.